The van der Waals surface area contributed by atoms with Gasteiger partial charge in [-0.15, -0.1) is 0 Å². The van der Waals surface area contributed by atoms with Gasteiger partial charge in [-0.1, -0.05) is 71.6 Å². The fraction of sp³-hybridized carbons (Fsp3) is 1.00. The van der Waals surface area contributed by atoms with E-state index in [2.05, 4.69) is 13.8 Å². The Labute approximate surface area is 108 Å². The molecular weight excluding hydrogens is 210 g/mol. The second-order valence-electron chi connectivity index (χ2n) is 5.14. The van der Waals surface area contributed by atoms with Crippen molar-refractivity contribution in [3.05, 3.63) is 0 Å². The highest BCUT2D eigenvalue weighted by Crippen LogP contribution is 2.06. The summed E-state index contributed by atoms with van der Waals surface area (Å²) in [6, 6.07) is 0. The maximum atomic E-state index is 9.64. The molecule has 0 fully saturated rings. The fourth-order valence-corrected chi connectivity index (χ4v) is 2.08. The molecule has 0 radical (unpaired) electrons. The molecule has 0 spiro atoms. The van der Waals surface area contributed by atoms with Gasteiger partial charge in [-0.3, -0.25) is 0 Å². The summed E-state index contributed by atoms with van der Waals surface area (Å²) >= 11 is 0. The van der Waals surface area contributed by atoms with Gasteiger partial charge in [-0.2, -0.15) is 5.06 Å². The quantitative estimate of drug-likeness (QED) is 0.363. The molecule has 1 N–H and O–H groups in total. The van der Waals surface area contributed by atoms with Crippen LogP contribution in [0.15, 0.2) is 0 Å². The van der Waals surface area contributed by atoms with Gasteiger partial charge in [0.15, 0.2) is 0 Å². The Kier molecular flexibility index (Phi) is 13.9. The lowest BCUT2D eigenvalue weighted by Gasteiger charge is -2.14. The summed E-state index contributed by atoms with van der Waals surface area (Å²) in [7, 11) is 0. The van der Waals surface area contributed by atoms with Crippen molar-refractivity contribution >= 4 is 0 Å². The van der Waals surface area contributed by atoms with Gasteiger partial charge in [-0.25, -0.2) is 0 Å². The predicted molar refractivity (Wildman–Crippen MR) is 75.5 cm³/mol. The number of nitrogens with zero attached hydrogens (tertiary/aromatic N) is 1. The van der Waals surface area contributed by atoms with Crippen LogP contribution in [0.3, 0.4) is 0 Å². The van der Waals surface area contributed by atoms with Gasteiger partial charge >= 0.3 is 0 Å². The third kappa shape index (κ3) is 13.9. The SMILES string of the molecule is CCCCCCCCN(O)CCCCCCC. The van der Waals surface area contributed by atoms with Gasteiger partial charge in [-0.05, 0) is 12.8 Å². The van der Waals surface area contributed by atoms with E-state index >= 15 is 0 Å². The molecule has 0 unspecified atom stereocenters. The summed E-state index contributed by atoms with van der Waals surface area (Å²) < 4.78 is 0. The molecule has 17 heavy (non-hydrogen) atoms. The highest BCUT2D eigenvalue weighted by atomic mass is 16.5. The first-order valence-electron chi connectivity index (χ1n) is 7.75. The Hall–Kier alpha value is -0.0800. The van der Waals surface area contributed by atoms with E-state index < -0.39 is 0 Å². The Morgan fingerprint density at radius 2 is 0.941 bits per heavy atom. The number of rotatable bonds is 13. The van der Waals surface area contributed by atoms with Crippen LogP contribution in [0.2, 0.25) is 0 Å². The molecule has 0 aliphatic rings. The molecule has 0 aliphatic carbocycles. The van der Waals surface area contributed by atoms with Gasteiger partial charge in [0.2, 0.25) is 0 Å². The lowest BCUT2D eigenvalue weighted by Crippen LogP contribution is -2.21. The van der Waals surface area contributed by atoms with E-state index in [1.807, 2.05) is 0 Å². The van der Waals surface area contributed by atoms with Crippen molar-refractivity contribution in [2.75, 3.05) is 13.1 Å². The molecule has 0 heterocycles. The van der Waals surface area contributed by atoms with Crippen LogP contribution in [0.5, 0.6) is 0 Å². The van der Waals surface area contributed by atoms with Crippen molar-refractivity contribution < 1.29 is 5.21 Å². The molecule has 0 saturated carbocycles. The van der Waals surface area contributed by atoms with Crippen molar-refractivity contribution in [1.29, 1.82) is 0 Å². The topological polar surface area (TPSA) is 23.5 Å². The maximum Gasteiger partial charge on any atom is 0.0238 e. The Balaban J connectivity index is 3.09. The van der Waals surface area contributed by atoms with Gasteiger partial charge < -0.3 is 5.21 Å². The van der Waals surface area contributed by atoms with Crippen LogP contribution in [0.25, 0.3) is 0 Å². The molecule has 0 aromatic carbocycles. The minimum atomic E-state index is 0.860. The zero-order valence-electron chi connectivity index (χ0n) is 12.1. The van der Waals surface area contributed by atoms with E-state index in [1.165, 1.54) is 62.9 Å². The third-order valence-electron chi connectivity index (χ3n) is 3.29. The predicted octanol–water partition coefficient (Wildman–Crippen LogP) is 5.01. The van der Waals surface area contributed by atoms with Crippen molar-refractivity contribution in [2.45, 2.75) is 84.5 Å². The summed E-state index contributed by atoms with van der Waals surface area (Å²) in [6.07, 6.45) is 14.1. The molecular formula is C15H33NO. The molecule has 2 nitrogen and oxygen atoms in total. The molecule has 0 atom stereocenters. The zero-order valence-corrected chi connectivity index (χ0v) is 12.1. The number of hydroxylamine groups is 2. The van der Waals surface area contributed by atoms with E-state index in [0.717, 1.165) is 25.9 Å². The summed E-state index contributed by atoms with van der Waals surface area (Å²) in [4.78, 5) is 0. The molecule has 0 amide bonds. The standard InChI is InChI=1S/C15H33NO/c1-3-5-7-9-11-13-15-16(17)14-12-10-8-6-4-2/h17H,3-15H2,1-2H3. The number of unbranched alkanes of at least 4 members (excludes halogenated alkanes) is 9. The number of hydrogen-bond donors (Lipinski definition) is 1. The van der Waals surface area contributed by atoms with Crippen molar-refractivity contribution in [3.8, 4) is 0 Å². The van der Waals surface area contributed by atoms with Crippen LogP contribution < -0.4 is 0 Å². The molecule has 0 bridgehead atoms. The zero-order chi connectivity index (χ0) is 12.8. The molecule has 0 saturated heterocycles. The summed E-state index contributed by atoms with van der Waals surface area (Å²) in [5.41, 5.74) is 0. The molecule has 0 aromatic rings. The monoisotopic (exact) mass is 243 g/mol. The fourth-order valence-electron chi connectivity index (χ4n) is 2.08. The van der Waals surface area contributed by atoms with Crippen LogP contribution in [0.4, 0.5) is 0 Å². The summed E-state index contributed by atoms with van der Waals surface area (Å²) in [5, 5.41) is 11.2. The van der Waals surface area contributed by atoms with E-state index in [9.17, 15) is 5.21 Å². The van der Waals surface area contributed by atoms with E-state index in [1.54, 1.807) is 0 Å². The Bertz CT molecular complexity index is 139. The first-order valence-corrected chi connectivity index (χ1v) is 7.75. The Morgan fingerprint density at radius 3 is 1.35 bits per heavy atom. The van der Waals surface area contributed by atoms with E-state index in [0.29, 0.717) is 0 Å². The first-order chi connectivity index (χ1) is 8.31. The van der Waals surface area contributed by atoms with Gasteiger partial charge in [0.25, 0.3) is 0 Å². The van der Waals surface area contributed by atoms with Gasteiger partial charge in [0.05, 0.1) is 0 Å². The molecule has 104 valence electrons. The van der Waals surface area contributed by atoms with Crippen LogP contribution in [-0.2, 0) is 0 Å². The lowest BCUT2D eigenvalue weighted by atomic mass is 10.1. The van der Waals surface area contributed by atoms with Crippen molar-refractivity contribution in [3.63, 3.8) is 0 Å². The second-order valence-corrected chi connectivity index (χ2v) is 5.14. The molecule has 0 aliphatic heterocycles. The number of hydrogen-bond acceptors (Lipinski definition) is 2. The second kappa shape index (κ2) is 14.0. The molecule has 0 aromatic heterocycles. The van der Waals surface area contributed by atoms with Crippen molar-refractivity contribution in [2.24, 2.45) is 0 Å². The molecule has 2 heteroatoms. The average Bonchev–Trinajstić information content (AvgIpc) is 2.33. The van der Waals surface area contributed by atoms with Gasteiger partial charge in [0.1, 0.15) is 0 Å². The average molecular weight is 243 g/mol. The van der Waals surface area contributed by atoms with Crippen LogP contribution >= 0.6 is 0 Å². The van der Waals surface area contributed by atoms with Crippen LogP contribution in [0, 0.1) is 0 Å². The molecule has 0 rings (SSSR count). The normalized spacial score (nSPS) is 11.3. The largest absolute Gasteiger partial charge is 0.314 e. The lowest BCUT2D eigenvalue weighted by molar-refractivity contribution is -0.0925. The summed E-state index contributed by atoms with van der Waals surface area (Å²) in [6.45, 7) is 6.20. The van der Waals surface area contributed by atoms with Crippen LogP contribution in [-0.4, -0.2) is 23.4 Å². The minimum Gasteiger partial charge on any atom is -0.314 e. The summed E-state index contributed by atoms with van der Waals surface area (Å²) in [5.74, 6) is 0. The third-order valence-corrected chi connectivity index (χ3v) is 3.29. The maximum absolute atomic E-state index is 9.64. The first kappa shape index (κ1) is 16.9. The van der Waals surface area contributed by atoms with E-state index in [4.69, 9.17) is 0 Å². The van der Waals surface area contributed by atoms with E-state index in [-0.39, 0.29) is 0 Å². The highest BCUT2D eigenvalue weighted by molar-refractivity contribution is 4.50. The Morgan fingerprint density at radius 1 is 0.588 bits per heavy atom. The highest BCUT2D eigenvalue weighted by Gasteiger charge is 1.99. The van der Waals surface area contributed by atoms with Crippen molar-refractivity contribution in [1.82, 2.24) is 5.06 Å². The van der Waals surface area contributed by atoms with Crippen LogP contribution in [0.1, 0.15) is 84.5 Å². The minimum absolute atomic E-state index is 0.860. The van der Waals surface area contributed by atoms with Gasteiger partial charge in [0, 0.05) is 13.1 Å². The smallest absolute Gasteiger partial charge is 0.0238 e.